The van der Waals surface area contributed by atoms with Crippen molar-refractivity contribution in [1.29, 1.82) is 0 Å². The second kappa shape index (κ2) is 12.4. The highest BCUT2D eigenvalue weighted by atomic mass is 16.2. The van der Waals surface area contributed by atoms with Crippen LogP contribution in [0.2, 0.25) is 0 Å². The highest BCUT2D eigenvalue weighted by molar-refractivity contribution is 5.82. The van der Waals surface area contributed by atoms with Gasteiger partial charge in [-0.25, -0.2) is 0 Å². The number of rotatable bonds is 13. The van der Waals surface area contributed by atoms with E-state index >= 15 is 0 Å². The topological polar surface area (TPSA) is 58.2 Å². The fraction of sp³-hybridized carbons (Fsp3) is 0.895. The van der Waals surface area contributed by atoms with Crippen molar-refractivity contribution in [2.45, 2.75) is 86.0 Å². The molecule has 0 aromatic rings. The summed E-state index contributed by atoms with van der Waals surface area (Å²) >= 11 is 0. The summed E-state index contributed by atoms with van der Waals surface area (Å²) in [6.45, 7) is 11.8. The van der Waals surface area contributed by atoms with Crippen LogP contribution in [0.5, 0.6) is 0 Å². The third kappa shape index (κ3) is 8.38. The monoisotopic (exact) mass is 326 g/mol. The Bertz CT molecular complexity index is 334. The second-order valence-corrected chi connectivity index (χ2v) is 6.74. The van der Waals surface area contributed by atoms with Crippen LogP contribution in [0.1, 0.15) is 86.0 Å². The van der Waals surface area contributed by atoms with Crippen LogP contribution in [0.3, 0.4) is 0 Å². The molecular formula is C19H38N2O2. The molecule has 0 rings (SSSR count). The molecule has 4 nitrogen and oxygen atoms in total. The molecule has 4 heteroatoms. The Hall–Kier alpha value is -1.06. The molecule has 0 unspecified atom stereocenters. The second-order valence-electron chi connectivity index (χ2n) is 6.74. The number of carbonyl (C=O) groups excluding carboxylic acids is 2. The van der Waals surface area contributed by atoms with Gasteiger partial charge in [0.15, 0.2) is 0 Å². The predicted molar refractivity (Wildman–Crippen MR) is 97.2 cm³/mol. The Balaban J connectivity index is 3.64. The Kier molecular flexibility index (Phi) is 11.8. The highest BCUT2D eigenvalue weighted by Gasteiger charge is 2.28. The number of hydrogen-bond acceptors (Lipinski definition) is 2. The van der Waals surface area contributed by atoms with Gasteiger partial charge in [-0.3, -0.25) is 9.59 Å². The summed E-state index contributed by atoms with van der Waals surface area (Å²) in [5.41, 5.74) is -0.223. The molecule has 23 heavy (non-hydrogen) atoms. The van der Waals surface area contributed by atoms with E-state index in [1.54, 1.807) is 0 Å². The van der Waals surface area contributed by atoms with E-state index in [1.165, 1.54) is 0 Å². The van der Waals surface area contributed by atoms with Crippen LogP contribution < -0.4 is 10.6 Å². The lowest BCUT2D eigenvalue weighted by Crippen LogP contribution is -2.38. The van der Waals surface area contributed by atoms with Crippen molar-refractivity contribution in [2.75, 3.05) is 13.1 Å². The van der Waals surface area contributed by atoms with Crippen LogP contribution in [0.15, 0.2) is 0 Å². The lowest BCUT2D eigenvalue weighted by atomic mass is 9.84. The van der Waals surface area contributed by atoms with Crippen molar-refractivity contribution in [3.05, 3.63) is 0 Å². The first-order chi connectivity index (χ1) is 10.9. The van der Waals surface area contributed by atoms with E-state index in [2.05, 4.69) is 38.3 Å². The van der Waals surface area contributed by atoms with E-state index in [-0.39, 0.29) is 23.1 Å². The van der Waals surface area contributed by atoms with Gasteiger partial charge in [0.2, 0.25) is 11.8 Å². The molecule has 136 valence electrons. The van der Waals surface area contributed by atoms with E-state index in [4.69, 9.17) is 0 Å². The number of carbonyl (C=O) groups is 2. The Morgan fingerprint density at radius 3 is 1.74 bits per heavy atom. The predicted octanol–water partition coefficient (Wildman–Crippen LogP) is 4.04. The molecule has 0 aliphatic heterocycles. The van der Waals surface area contributed by atoms with Crippen molar-refractivity contribution in [2.24, 2.45) is 11.3 Å². The smallest absolute Gasteiger partial charge is 0.225 e. The first-order valence-electron chi connectivity index (χ1n) is 9.51. The quantitative estimate of drug-likeness (QED) is 0.502. The van der Waals surface area contributed by atoms with E-state index in [0.29, 0.717) is 0 Å². The SMILES string of the molecule is CCC(CC)C(=O)NCCCCCCNC(=O)C(C)(CC)CC. The summed E-state index contributed by atoms with van der Waals surface area (Å²) in [6.07, 6.45) is 7.80. The molecule has 0 aliphatic rings. The van der Waals surface area contributed by atoms with E-state index < -0.39 is 0 Å². The van der Waals surface area contributed by atoms with Gasteiger partial charge in [-0.1, -0.05) is 47.5 Å². The molecule has 0 heterocycles. The fourth-order valence-corrected chi connectivity index (χ4v) is 2.61. The van der Waals surface area contributed by atoms with Crippen molar-refractivity contribution in [1.82, 2.24) is 10.6 Å². The average molecular weight is 327 g/mol. The van der Waals surface area contributed by atoms with Crippen molar-refractivity contribution in [3.63, 3.8) is 0 Å². The normalized spacial score (nSPS) is 11.6. The van der Waals surface area contributed by atoms with Crippen LogP contribution in [0.25, 0.3) is 0 Å². The molecule has 2 N–H and O–H groups in total. The molecule has 0 saturated heterocycles. The van der Waals surface area contributed by atoms with Gasteiger partial charge in [0, 0.05) is 24.4 Å². The van der Waals surface area contributed by atoms with Crippen LogP contribution in [0.4, 0.5) is 0 Å². The van der Waals surface area contributed by atoms with Crippen molar-refractivity contribution in [3.8, 4) is 0 Å². The molecule has 0 aliphatic carbocycles. The maximum absolute atomic E-state index is 12.1. The Morgan fingerprint density at radius 1 is 0.826 bits per heavy atom. The Morgan fingerprint density at radius 2 is 1.30 bits per heavy atom. The lowest BCUT2D eigenvalue weighted by molar-refractivity contribution is -0.130. The third-order valence-electron chi connectivity index (χ3n) is 5.15. The largest absolute Gasteiger partial charge is 0.356 e. The van der Waals surface area contributed by atoms with Gasteiger partial charge in [-0.15, -0.1) is 0 Å². The zero-order valence-electron chi connectivity index (χ0n) is 16.0. The maximum Gasteiger partial charge on any atom is 0.225 e. The van der Waals surface area contributed by atoms with Crippen LogP contribution >= 0.6 is 0 Å². The maximum atomic E-state index is 12.1. The minimum absolute atomic E-state index is 0.164. The molecule has 0 aromatic heterocycles. The van der Waals surface area contributed by atoms with Gasteiger partial charge in [0.25, 0.3) is 0 Å². The third-order valence-corrected chi connectivity index (χ3v) is 5.15. The van der Waals surface area contributed by atoms with Gasteiger partial charge in [0.05, 0.1) is 0 Å². The minimum Gasteiger partial charge on any atom is -0.356 e. The van der Waals surface area contributed by atoms with Crippen LogP contribution in [0, 0.1) is 11.3 Å². The van der Waals surface area contributed by atoms with Gasteiger partial charge in [0.1, 0.15) is 0 Å². The zero-order valence-corrected chi connectivity index (χ0v) is 16.0. The molecule has 0 aromatic carbocycles. The summed E-state index contributed by atoms with van der Waals surface area (Å²) in [5, 5.41) is 6.08. The molecule has 0 radical (unpaired) electrons. The van der Waals surface area contributed by atoms with E-state index in [0.717, 1.165) is 64.5 Å². The molecule has 0 saturated carbocycles. The van der Waals surface area contributed by atoms with Gasteiger partial charge in [-0.05, 0) is 38.5 Å². The minimum atomic E-state index is -0.223. The molecular weight excluding hydrogens is 288 g/mol. The summed E-state index contributed by atoms with van der Waals surface area (Å²) in [4.78, 5) is 23.9. The number of nitrogens with one attached hydrogen (secondary N) is 2. The van der Waals surface area contributed by atoms with E-state index in [1.807, 2.05) is 6.92 Å². The standard InChI is InChI=1S/C19H38N2O2/c1-6-16(7-2)17(22)20-14-12-10-11-13-15-21-18(23)19(5,8-3)9-4/h16H,6-15H2,1-5H3,(H,20,22)(H,21,23). The van der Waals surface area contributed by atoms with Gasteiger partial charge >= 0.3 is 0 Å². The summed E-state index contributed by atoms with van der Waals surface area (Å²) in [5.74, 6) is 0.539. The zero-order chi connectivity index (χ0) is 17.7. The molecule has 0 bridgehead atoms. The number of hydrogen-bond donors (Lipinski definition) is 2. The summed E-state index contributed by atoms with van der Waals surface area (Å²) in [6, 6.07) is 0. The van der Waals surface area contributed by atoms with E-state index in [9.17, 15) is 9.59 Å². The van der Waals surface area contributed by atoms with Gasteiger partial charge < -0.3 is 10.6 Å². The van der Waals surface area contributed by atoms with Crippen LogP contribution in [-0.2, 0) is 9.59 Å². The summed E-state index contributed by atoms with van der Waals surface area (Å²) in [7, 11) is 0. The highest BCUT2D eigenvalue weighted by Crippen LogP contribution is 2.25. The summed E-state index contributed by atoms with van der Waals surface area (Å²) < 4.78 is 0. The van der Waals surface area contributed by atoms with Crippen molar-refractivity contribution < 1.29 is 9.59 Å². The number of amides is 2. The van der Waals surface area contributed by atoms with Crippen molar-refractivity contribution >= 4 is 11.8 Å². The first kappa shape index (κ1) is 21.9. The van der Waals surface area contributed by atoms with Gasteiger partial charge in [-0.2, -0.15) is 0 Å². The van der Waals surface area contributed by atoms with Crippen LogP contribution in [-0.4, -0.2) is 24.9 Å². The lowest BCUT2D eigenvalue weighted by Gasteiger charge is -2.25. The molecule has 0 spiro atoms. The first-order valence-corrected chi connectivity index (χ1v) is 9.51. The number of unbranched alkanes of at least 4 members (excludes halogenated alkanes) is 3. The molecule has 0 atom stereocenters. The molecule has 2 amide bonds. The molecule has 0 fully saturated rings. The fourth-order valence-electron chi connectivity index (χ4n) is 2.61. The Labute approximate surface area is 143 Å². The average Bonchev–Trinajstić information content (AvgIpc) is 2.57.